The molecule has 0 aromatic heterocycles. The van der Waals surface area contributed by atoms with Gasteiger partial charge in [-0.3, -0.25) is 4.90 Å². The number of rotatable bonds is 7. The lowest BCUT2D eigenvalue weighted by molar-refractivity contribution is -0.0160. The topological polar surface area (TPSA) is 15.3 Å². The third-order valence-electron chi connectivity index (χ3n) is 5.37. The van der Waals surface area contributed by atoms with Crippen LogP contribution >= 0.6 is 0 Å². The molecule has 2 bridgehead atoms. The van der Waals surface area contributed by atoms with Crippen LogP contribution in [0.4, 0.5) is 0 Å². The second kappa shape index (κ2) is 7.64. The molecule has 2 rings (SSSR count). The van der Waals surface area contributed by atoms with Crippen molar-refractivity contribution < 1.29 is 0 Å². The molecular weight excluding hydrogens is 232 g/mol. The van der Waals surface area contributed by atoms with Crippen LogP contribution in [0.5, 0.6) is 0 Å². The summed E-state index contributed by atoms with van der Waals surface area (Å²) in [5, 5.41) is 3.54. The highest BCUT2D eigenvalue weighted by Gasteiger charge is 2.40. The zero-order valence-electron chi connectivity index (χ0n) is 13.3. The third kappa shape index (κ3) is 3.72. The average molecular weight is 266 g/mol. The van der Waals surface area contributed by atoms with Crippen molar-refractivity contribution >= 4 is 0 Å². The predicted molar refractivity (Wildman–Crippen MR) is 83.6 cm³/mol. The van der Waals surface area contributed by atoms with Gasteiger partial charge >= 0.3 is 0 Å². The molecular formula is C17H34N2. The van der Waals surface area contributed by atoms with Gasteiger partial charge in [-0.1, -0.05) is 39.5 Å². The fourth-order valence-electron chi connectivity index (χ4n) is 4.47. The van der Waals surface area contributed by atoms with E-state index in [4.69, 9.17) is 0 Å². The molecule has 3 atom stereocenters. The van der Waals surface area contributed by atoms with Crippen LogP contribution in [-0.4, -0.2) is 36.1 Å². The van der Waals surface area contributed by atoms with Crippen molar-refractivity contribution in [2.75, 3.05) is 7.05 Å². The monoisotopic (exact) mass is 266 g/mol. The van der Waals surface area contributed by atoms with E-state index in [1.54, 1.807) is 0 Å². The van der Waals surface area contributed by atoms with Gasteiger partial charge in [0.25, 0.3) is 0 Å². The van der Waals surface area contributed by atoms with Crippen molar-refractivity contribution in [1.82, 2.24) is 10.2 Å². The van der Waals surface area contributed by atoms with E-state index in [-0.39, 0.29) is 0 Å². The van der Waals surface area contributed by atoms with E-state index in [0.29, 0.717) is 0 Å². The second-order valence-electron chi connectivity index (χ2n) is 6.73. The first-order chi connectivity index (χ1) is 9.30. The lowest BCUT2D eigenvalue weighted by atomic mass is 9.79. The van der Waals surface area contributed by atoms with Crippen molar-refractivity contribution in [1.29, 1.82) is 0 Å². The van der Waals surface area contributed by atoms with Crippen LogP contribution < -0.4 is 5.32 Å². The summed E-state index contributed by atoms with van der Waals surface area (Å²) < 4.78 is 0. The molecule has 2 nitrogen and oxygen atoms in total. The normalized spacial score (nSPS) is 33.3. The molecule has 1 N–H and O–H groups in total. The maximum Gasteiger partial charge on any atom is 0.0116 e. The molecule has 0 spiro atoms. The zero-order chi connectivity index (χ0) is 13.7. The van der Waals surface area contributed by atoms with Gasteiger partial charge in [0.15, 0.2) is 0 Å². The number of unbranched alkanes of at least 4 members (excludes halogenated alkanes) is 1. The van der Waals surface area contributed by atoms with Crippen LogP contribution in [-0.2, 0) is 0 Å². The van der Waals surface area contributed by atoms with E-state index >= 15 is 0 Å². The van der Waals surface area contributed by atoms with Crippen LogP contribution in [0, 0.1) is 0 Å². The van der Waals surface area contributed by atoms with E-state index < -0.39 is 0 Å². The minimum Gasteiger partial charge on any atom is -0.317 e. The first kappa shape index (κ1) is 15.3. The Morgan fingerprint density at radius 2 is 1.74 bits per heavy atom. The summed E-state index contributed by atoms with van der Waals surface area (Å²) in [6.45, 7) is 4.69. The highest BCUT2D eigenvalue weighted by Crippen LogP contribution is 2.37. The number of fused-ring (bicyclic) bond motifs is 2. The van der Waals surface area contributed by atoms with Crippen LogP contribution in [0.2, 0.25) is 0 Å². The molecule has 0 aliphatic carbocycles. The number of nitrogens with zero attached hydrogens (tertiary/aromatic N) is 1. The molecule has 2 aliphatic rings. The number of nitrogens with one attached hydrogen (secondary N) is 1. The Morgan fingerprint density at radius 1 is 1.05 bits per heavy atom. The summed E-state index contributed by atoms with van der Waals surface area (Å²) in [6.07, 6.45) is 14.1. The van der Waals surface area contributed by atoms with Gasteiger partial charge in [-0.2, -0.15) is 0 Å². The van der Waals surface area contributed by atoms with Crippen LogP contribution in [0.3, 0.4) is 0 Å². The van der Waals surface area contributed by atoms with E-state index in [1.165, 1.54) is 64.2 Å². The smallest absolute Gasteiger partial charge is 0.0116 e. The SMILES string of the molecule is CCCCC(CCC)N1C2CCCC1CC(NC)C2. The fourth-order valence-corrected chi connectivity index (χ4v) is 4.47. The van der Waals surface area contributed by atoms with Gasteiger partial charge in [-0.05, 0) is 45.6 Å². The summed E-state index contributed by atoms with van der Waals surface area (Å²) in [5.41, 5.74) is 0. The first-order valence-electron chi connectivity index (χ1n) is 8.74. The van der Waals surface area contributed by atoms with Gasteiger partial charge in [0.05, 0.1) is 0 Å². The summed E-state index contributed by atoms with van der Waals surface area (Å²) in [5.74, 6) is 0. The maximum absolute atomic E-state index is 3.54. The number of piperidine rings is 2. The fraction of sp³-hybridized carbons (Fsp3) is 1.00. The second-order valence-corrected chi connectivity index (χ2v) is 6.73. The predicted octanol–water partition coefficient (Wildman–Crippen LogP) is 3.95. The van der Waals surface area contributed by atoms with E-state index in [2.05, 4.69) is 31.1 Å². The van der Waals surface area contributed by atoms with Crippen LogP contribution in [0.1, 0.15) is 78.1 Å². The molecule has 0 amide bonds. The number of hydrogen-bond donors (Lipinski definition) is 1. The molecule has 112 valence electrons. The maximum atomic E-state index is 3.54. The van der Waals surface area contributed by atoms with Crippen molar-refractivity contribution in [2.45, 2.75) is 102 Å². The molecule has 0 aromatic rings. The van der Waals surface area contributed by atoms with Crippen LogP contribution in [0.15, 0.2) is 0 Å². The minimum atomic E-state index is 0.778. The first-order valence-corrected chi connectivity index (χ1v) is 8.74. The molecule has 19 heavy (non-hydrogen) atoms. The molecule has 2 fully saturated rings. The molecule has 3 unspecified atom stereocenters. The lowest BCUT2D eigenvalue weighted by Gasteiger charge is -2.52. The van der Waals surface area contributed by atoms with Crippen molar-refractivity contribution in [3.8, 4) is 0 Å². The van der Waals surface area contributed by atoms with Gasteiger partial charge in [-0.25, -0.2) is 0 Å². The molecule has 2 aliphatic heterocycles. The lowest BCUT2D eigenvalue weighted by Crippen LogP contribution is -2.59. The Balaban J connectivity index is 2.03. The van der Waals surface area contributed by atoms with Gasteiger partial charge in [0, 0.05) is 24.2 Å². The Kier molecular flexibility index (Phi) is 6.15. The quantitative estimate of drug-likeness (QED) is 0.750. The third-order valence-corrected chi connectivity index (χ3v) is 5.37. The van der Waals surface area contributed by atoms with E-state index in [9.17, 15) is 0 Å². The zero-order valence-corrected chi connectivity index (χ0v) is 13.3. The van der Waals surface area contributed by atoms with Crippen LogP contribution in [0.25, 0.3) is 0 Å². The summed E-state index contributed by atoms with van der Waals surface area (Å²) >= 11 is 0. The Labute approximate surface area is 120 Å². The highest BCUT2D eigenvalue weighted by molar-refractivity contribution is 4.97. The molecule has 2 heterocycles. The van der Waals surface area contributed by atoms with Gasteiger partial charge in [-0.15, -0.1) is 0 Å². The molecule has 2 saturated heterocycles. The van der Waals surface area contributed by atoms with Gasteiger partial charge in [0.2, 0.25) is 0 Å². The van der Waals surface area contributed by atoms with Gasteiger partial charge in [0.1, 0.15) is 0 Å². The summed E-state index contributed by atoms with van der Waals surface area (Å²) in [6, 6.07) is 3.40. The van der Waals surface area contributed by atoms with Gasteiger partial charge < -0.3 is 5.32 Å². The van der Waals surface area contributed by atoms with Crippen molar-refractivity contribution in [3.63, 3.8) is 0 Å². The van der Waals surface area contributed by atoms with E-state index in [0.717, 1.165) is 24.2 Å². The van der Waals surface area contributed by atoms with E-state index in [1.807, 2.05) is 0 Å². The van der Waals surface area contributed by atoms with Crippen molar-refractivity contribution in [3.05, 3.63) is 0 Å². The molecule has 2 heteroatoms. The minimum absolute atomic E-state index is 0.778. The Bertz CT molecular complexity index is 240. The molecule has 0 radical (unpaired) electrons. The Morgan fingerprint density at radius 3 is 2.26 bits per heavy atom. The molecule has 0 saturated carbocycles. The summed E-state index contributed by atoms with van der Waals surface area (Å²) in [4.78, 5) is 2.97. The molecule has 0 aromatic carbocycles. The van der Waals surface area contributed by atoms with Crippen molar-refractivity contribution in [2.24, 2.45) is 0 Å². The summed E-state index contributed by atoms with van der Waals surface area (Å²) in [7, 11) is 2.15. The highest BCUT2D eigenvalue weighted by atomic mass is 15.2. The standard InChI is InChI=1S/C17H34N2/c1-4-6-9-15(8-5-2)19-16-10-7-11-17(19)13-14(12-16)18-3/h14-18H,4-13H2,1-3H3. The largest absolute Gasteiger partial charge is 0.317 e. The average Bonchev–Trinajstić information content (AvgIpc) is 2.42. The number of hydrogen-bond acceptors (Lipinski definition) is 2. The Hall–Kier alpha value is -0.0800.